The number of carbonyl (C=O) groups excluding carboxylic acids is 1. The molecular weight excluding hydrogens is 349 g/mol. The minimum Gasteiger partial charge on any atom is -0.319 e. The first kappa shape index (κ1) is 16.4. The van der Waals surface area contributed by atoms with E-state index in [1.54, 1.807) is 35.0 Å². The van der Waals surface area contributed by atoms with Crippen LogP contribution < -0.4 is 5.32 Å². The van der Waals surface area contributed by atoms with Crippen molar-refractivity contribution in [1.29, 1.82) is 0 Å². The number of aromatic nitrogens is 4. The number of hydrogen-bond acceptors (Lipinski definition) is 4. The van der Waals surface area contributed by atoms with Crippen molar-refractivity contribution in [1.82, 2.24) is 20.0 Å². The third-order valence-corrected chi connectivity index (χ3v) is 4.13. The predicted molar refractivity (Wildman–Crippen MR) is 93.0 cm³/mol. The van der Waals surface area contributed by atoms with Crippen LogP contribution in [0.15, 0.2) is 36.4 Å². The largest absolute Gasteiger partial charge is 0.319 e. The molecule has 1 N–H and O–H groups in total. The highest BCUT2D eigenvalue weighted by Crippen LogP contribution is 2.29. The zero-order valence-corrected chi connectivity index (χ0v) is 14.4. The predicted octanol–water partition coefficient (Wildman–Crippen LogP) is 3.84. The van der Waals surface area contributed by atoms with E-state index in [0.29, 0.717) is 16.5 Å². The normalized spacial score (nSPS) is 10.7. The van der Waals surface area contributed by atoms with Gasteiger partial charge in [-0.05, 0) is 44.2 Å². The van der Waals surface area contributed by atoms with Crippen LogP contribution in [0.5, 0.6) is 0 Å². The van der Waals surface area contributed by atoms with Crippen LogP contribution in [0, 0.1) is 13.8 Å². The van der Waals surface area contributed by atoms with E-state index in [1.165, 1.54) is 0 Å². The smallest absolute Gasteiger partial charge is 0.276 e. The fourth-order valence-electron chi connectivity index (χ4n) is 2.21. The molecular formula is C16H13Cl2N5O. The molecule has 24 heavy (non-hydrogen) atoms. The van der Waals surface area contributed by atoms with Crippen LogP contribution in [0.25, 0.3) is 5.82 Å². The molecule has 0 atom stereocenters. The van der Waals surface area contributed by atoms with Crippen LogP contribution >= 0.6 is 23.2 Å². The van der Waals surface area contributed by atoms with Crippen molar-refractivity contribution in [3.63, 3.8) is 0 Å². The third-order valence-electron chi connectivity index (χ3n) is 3.31. The second-order valence-electron chi connectivity index (χ2n) is 5.17. The monoisotopic (exact) mass is 361 g/mol. The Kier molecular flexibility index (Phi) is 4.51. The van der Waals surface area contributed by atoms with Crippen LogP contribution in [0.3, 0.4) is 0 Å². The van der Waals surface area contributed by atoms with Crippen molar-refractivity contribution in [2.45, 2.75) is 13.8 Å². The van der Waals surface area contributed by atoms with Gasteiger partial charge in [0, 0.05) is 5.69 Å². The number of benzene rings is 1. The van der Waals surface area contributed by atoms with Crippen LogP contribution in [-0.4, -0.2) is 25.9 Å². The molecule has 2 aromatic heterocycles. The molecule has 8 heteroatoms. The summed E-state index contributed by atoms with van der Waals surface area (Å²) in [7, 11) is 0. The van der Waals surface area contributed by atoms with Crippen molar-refractivity contribution in [3.05, 3.63) is 63.5 Å². The van der Waals surface area contributed by atoms with Gasteiger partial charge in [-0.15, -0.1) is 10.2 Å². The first-order chi connectivity index (χ1) is 11.5. The maximum absolute atomic E-state index is 12.3. The first-order valence-corrected chi connectivity index (χ1v) is 7.84. The molecule has 0 unspecified atom stereocenters. The van der Waals surface area contributed by atoms with E-state index in [1.807, 2.05) is 19.9 Å². The Bertz CT molecular complexity index is 905. The van der Waals surface area contributed by atoms with E-state index >= 15 is 0 Å². The van der Waals surface area contributed by atoms with E-state index in [-0.39, 0.29) is 10.7 Å². The number of aryl methyl sites for hydroxylation is 2. The molecule has 0 fully saturated rings. The molecule has 2 heterocycles. The van der Waals surface area contributed by atoms with Crippen molar-refractivity contribution in [3.8, 4) is 5.82 Å². The van der Waals surface area contributed by atoms with Gasteiger partial charge in [-0.25, -0.2) is 4.68 Å². The summed E-state index contributed by atoms with van der Waals surface area (Å²) in [6.45, 7) is 3.82. The van der Waals surface area contributed by atoms with Gasteiger partial charge in [-0.3, -0.25) is 4.79 Å². The first-order valence-electron chi connectivity index (χ1n) is 7.08. The number of nitrogens with one attached hydrogen (secondary N) is 1. The summed E-state index contributed by atoms with van der Waals surface area (Å²) in [5.41, 5.74) is 2.39. The van der Waals surface area contributed by atoms with E-state index in [9.17, 15) is 4.79 Å². The minimum atomic E-state index is -0.424. The Labute approximate surface area is 148 Å². The topological polar surface area (TPSA) is 72.7 Å². The molecule has 0 aliphatic heterocycles. The van der Waals surface area contributed by atoms with Gasteiger partial charge < -0.3 is 5.32 Å². The van der Waals surface area contributed by atoms with Crippen LogP contribution in [0.4, 0.5) is 5.69 Å². The Morgan fingerprint density at radius 1 is 1.12 bits per heavy atom. The summed E-state index contributed by atoms with van der Waals surface area (Å²) < 4.78 is 1.66. The Balaban J connectivity index is 1.81. The summed E-state index contributed by atoms with van der Waals surface area (Å²) in [6.07, 6.45) is 0. The van der Waals surface area contributed by atoms with Crippen LogP contribution in [0.2, 0.25) is 10.0 Å². The van der Waals surface area contributed by atoms with Gasteiger partial charge in [0.1, 0.15) is 0 Å². The number of hydrogen-bond donors (Lipinski definition) is 1. The summed E-state index contributed by atoms with van der Waals surface area (Å²) in [5, 5.41) is 15.6. The molecule has 0 aliphatic carbocycles. The fourth-order valence-corrected chi connectivity index (χ4v) is 2.55. The number of nitrogens with zero attached hydrogens (tertiary/aromatic N) is 4. The third kappa shape index (κ3) is 3.25. The number of rotatable bonds is 3. The van der Waals surface area contributed by atoms with Crippen LogP contribution in [0.1, 0.15) is 21.9 Å². The zero-order chi connectivity index (χ0) is 17.3. The van der Waals surface area contributed by atoms with E-state index in [0.717, 1.165) is 11.4 Å². The summed E-state index contributed by atoms with van der Waals surface area (Å²) in [5.74, 6) is 0.115. The van der Waals surface area contributed by atoms with Gasteiger partial charge in [-0.2, -0.15) is 5.10 Å². The Morgan fingerprint density at radius 3 is 2.54 bits per heavy atom. The number of carbonyl (C=O) groups is 1. The molecule has 0 bridgehead atoms. The highest BCUT2D eigenvalue weighted by atomic mass is 35.5. The lowest BCUT2D eigenvalue weighted by Crippen LogP contribution is -2.15. The summed E-state index contributed by atoms with van der Waals surface area (Å²) >= 11 is 12.0. The molecule has 3 aromatic rings. The molecule has 0 saturated heterocycles. The highest BCUT2D eigenvalue weighted by Gasteiger charge is 2.13. The second-order valence-corrected chi connectivity index (χ2v) is 5.96. The average Bonchev–Trinajstić information content (AvgIpc) is 2.90. The van der Waals surface area contributed by atoms with Gasteiger partial charge >= 0.3 is 0 Å². The van der Waals surface area contributed by atoms with E-state index in [4.69, 9.17) is 23.2 Å². The van der Waals surface area contributed by atoms with Gasteiger partial charge in [0.2, 0.25) is 0 Å². The minimum absolute atomic E-state index is 0.163. The summed E-state index contributed by atoms with van der Waals surface area (Å²) in [4.78, 5) is 12.3. The highest BCUT2D eigenvalue weighted by molar-refractivity contribution is 6.44. The molecule has 122 valence electrons. The van der Waals surface area contributed by atoms with Crippen molar-refractivity contribution in [2.75, 3.05) is 5.32 Å². The van der Waals surface area contributed by atoms with Crippen molar-refractivity contribution in [2.24, 2.45) is 0 Å². The quantitative estimate of drug-likeness (QED) is 0.768. The number of amides is 1. The maximum atomic E-state index is 12.3. The fraction of sp³-hybridized carbons (Fsp3) is 0.125. The second kappa shape index (κ2) is 6.59. The average molecular weight is 362 g/mol. The lowest BCUT2D eigenvalue weighted by atomic mass is 10.3. The summed E-state index contributed by atoms with van der Waals surface area (Å²) in [6, 6.07) is 10.2. The number of halogens is 2. The zero-order valence-electron chi connectivity index (χ0n) is 12.9. The van der Waals surface area contributed by atoms with Crippen LogP contribution in [-0.2, 0) is 0 Å². The number of anilines is 1. The van der Waals surface area contributed by atoms with Gasteiger partial charge in [0.15, 0.2) is 11.5 Å². The SMILES string of the molecule is Cc1cc(C)n(-c2ccc(C(=O)Nc3cccc(Cl)c3Cl)nn2)n1. The maximum Gasteiger partial charge on any atom is 0.276 e. The molecule has 6 nitrogen and oxygen atoms in total. The molecule has 3 rings (SSSR count). The van der Waals surface area contributed by atoms with Gasteiger partial charge in [-0.1, -0.05) is 29.3 Å². The van der Waals surface area contributed by atoms with Gasteiger partial charge in [0.25, 0.3) is 5.91 Å². The van der Waals surface area contributed by atoms with E-state index < -0.39 is 5.91 Å². The Hall–Kier alpha value is -2.44. The lowest BCUT2D eigenvalue weighted by Gasteiger charge is -2.08. The molecule has 1 amide bonds. The molecule has 0 spiro atoms. The van der Waals surface area contributed by atoms with Gasteiger partial charge in [0.05, 0.1) is 21.4 Å². The molecule has 1 aromatic carbocycles. The molecule has 0 saturated carbocycles. The lowest BCUT2D eigenvalue weighted by molar-refractivity contribution is 0.102. The Morgan fingerprint density at radius 2 is 1.92 bits per heavy atom. The molecule has 0 radical (unpaired) electrons. The van der Waals surface area contributed by atoms with Crippen molar-refractivity contribution < 1.29 is 4.79 Å². The standard InChI is InChI=1S/C16H13Cl2N5O/c1-9-8-10(2)23(22-9)14-7-6-13(20-21-14)16(24)19-12-5-3-4-11(17)15(12)18/h3-8H,1-2H3,(H,19,24). The van der Waals surface area contributed by atoms with Crippen molar-refractivity contribution >= 4 is 34.8 Å². The molecule has 0 aliphatic rings. The van der Waals surface area contributed by atoms with E-state index in [2.05, 4.69) is 20.6 Å².